The summed E-state index contributed by atoms with van der Waals surface area (Å²) in [6.45, 7) is 0. The second kappa shape index (κ2) is 8.75. The molecule has 0 saturated heterocycles. The van der Waals surface area contributed by atoms with E-state index in [1.165, 1.54) is 18.2 Å². The highest BCUT2D eigenvalue weighted by atomic mass is 35.5. The zero-order chi connectivity index (χ0) is 24.7. The summed E-state index contributed by atoms with van der Waals surface area (Å²) in [5, 5.41) is 12.2. The first kappa shape index (κ1) is 22.4. The molecule has 0 aliphatic carbocycles. The van der Waals surface area contributed by atoms with E-state index in [-0.39, 0.29) is 27.4 Å². The van der Waals surface area contributed by atoms with Crippen LogP contribution in [0.25, 0.3) is 27.6 Å². The highest BCUT2D eigenvalue weighted by Gasteiger charge is 2.18. The van der Waals surface area contributed by atoms with Crippen molar-refractivity contribution in [2.45, 2.75) is 0 Å². The van der Waals surface area contributed by atoms with E-state index in [9.17, 15) is 14.4 Å². The van der Waals surface area contributed by atoms with Crippen molar-refractivity contribution in [1.29, 1.82) is 0 Å². The lowest BCUT2D eigenvalue weighted by atomic mass is 10.0. The van der Waals surface area contributed by atoms with E-state index in [1.54, 1.807) is 0 Å². The van der Waals surface area contributed by atoms with Crippen LogP contribution in [0.2, 0.25) is 10.0 Å². The largest absolute Gasteiger partial charge is 0.434 e. The predicted octanol–water partition coefficient (Wildman–Crippen LogP) is 3.51. The number of nitrogens with two attached hydrogens (primary N) is 1. The van der Waals surface area contributed by atoms with E-state index in [2.05, 4.69) is 15.3 Å². The second-order valence-electron chi connectivity index (χ2n) is 7.41. The number of fused-ring (bicyclic) bond motifs is 1. The lowest BCUT2D eigenvalue weighted by Gasteiger charge is -2.14. The first-order chi connectivity index (χ1) is 16.8. The molecule has 0 saturated carbocycles. The van der Waals surface area contributed by atoms with Gasteiger partial charge in [0.15, 0.2) is 5.75 Å². The maximum Gasteiger partial charge on any atom is 0.349 e. The van der Waals surface area contributed by atoms with E-state index >= 15 is 0 Å². The fraction of sp³-hybridized carbons (Fsp3) is 0. The summed E-state index contributed by atoms with van der Waals surface area (Å²) in [5.74, 6) is -0.321. The molecule has 5 aromatic rings. The van der Waals surface area contributed by atoms with Gasteiger partial charge < -0.3 is 10.5 Å². The molecule has 0 aliphatic rings. The Morgan fingerprint density at radius 1 is 0.914 bits per heavy atom. The Morgan fingerprint density at radius 2 is 1.63 bits per heavy atom. The predicted molar refractivity (Wildman–Crippen MR) is 133 cm³/mol. The molecule has 4 N–H and O–H groups in total. The van der Waals surface area contributed by atoms with Crippen molar-refractivity contribution in [1.82, 2.24) is 25.0 Å². The number of nitrogens with one attached hydrogen (secondary N) is 2. The van der Waals surface area contributed by atoms with Gasteiger partial charge in [0.05, 0.1) is 21.3 Å². The number of aromatic amines is 2. The van der Waals surface area contributed by atoms with Crippen LogP contribution >= 0.6 is 23.2 Å². The number of nitrogen functional groups attached to an aromatic ring is 1. The van der Waals surface area contributed by atoms with Gasteiger partial charge in [-0.3, -0.25) is 14.6 Å². The Kier molecular flexibility index (Phi) is 5.59. The minimum Gasteiger partial charge on any atom is -0.434 e. The van der Waals surface area contributed by atoms with Crippen molar-refractivity contribution >= 4 is 39.8 Å². The first-order valence-electron chi connectivity index (χ1n) is 10.1. The van der Waals surface area contributed by atoms with Crippen LogP contribution in [0.4, 0.5) is 5.82 Å². The summed E-state index contributed by atoms with van der Waals surface area (Å²) >= 11 is 12.8. The average Bonchev–Trinajstić information content (AvgIpc) is 2.84. The van der Waals surface area contributed by atoms with Crippen LogP contribution in [0.5, 0.6) is 11.6 Å². The molecule has 35 heavy (non-hydrogen) atoms. The number of halogens is 2. The van der Waals surface area contributed by atoms with Crippen molar-refractivity contribution in [3.63, 3.8) is 0 Å². The molecule has 0 fully saturated rings. The Labute approximate surface area is 205 Å². The van der Waals surface area contributed by atoms with E-state index in [0.29, 0.717) is 11.1 Å². The molecule has 0 bridgehead atoms. The van der Waals surface area contributed by atoms with Crippen molar-refractivity contribution < 1.29 is 4.74 Å². The second-order valence-corrected chi connectivity index (χ2v) is 8.22. The third kappa shape index (κ3) is 4.27. The Balaban J connectivity index is 1.58. The highest BCUT2D eigenvalue weighted by Crippen LogP contribution is 2.40. The molecule has 0 radical (unpaired) electrons. The number of H-pyrrole nitrogens is 2. The summed E-state index contributed by atoms with van der Waals surface area (Å²) in [6.07, 6.45) is 0. The van der Waals surface area contributed by atoms with Gasteiger partial charge in [-0.1, -0.05) is 59.6 Å². The van der Waals surface area contributed by atoms with E-state index in [0.717, 1.165) is 15.5 Å². The smallest absolute Gasteiger partial charge is 0.349 e. The summed E-state index contributed by atoms with van der Waals surface area (Å²) < 4.78 is 6.77. The summed E-state index contributed by atoms with van der Waals surface area (Å²) in [6, 6.07) is 17.5. The van der Waals surface area contributed by atoms with Crippen LogP contribution in [0.3, 0.4) is 0 Å². The molecule has 2 aromatic heterocycles. The molecule has 10 nitrogen and oxygen atoms in total. The minimum atomic E-state index is -0.828. The SMILES string of the molecule is Nc1nn(-c2cc(Cl)c(Oc3n[nH]c(=O)cc3-c3ccc4ccccc4c3)c(Cl)c2)c(=O)[nH]c1=O. The fourth-order valence-corrected chi connectivity index (χ4v) is 4.04. The van der Waals surface area contributed by atoms with Gasteiger partial charge in [-0.05, 0) is 34.5 Å². The van der Waals surface area contributed by atoms with Crippen molar-refractivity contribution in [3.8, 4) is 28.4 Å². The molecule has 0 atom stereocenters. The van der Waals surface area contributed by atoms with Gasteiger partial charge in [0, 0.05) is 6.07 Å². The van der Waals surface area contributed by atoms with Crippen molar-refractivity contribution in [2.24, 2.45) is 0 Å². The highest BCUT2D eigenvalue weighted by molar-refractivity contribution is 6.37. The van der Waals surface area contributed by atoms with E-state index < -0.39 is 22.6 Å². The van der Waals surface area contributed by atoms with Crippen molar-refractivity contribution in [3.05, 3.63) is 102 Å². The molecule has 174 valence electrons. The Morgan fingerprint density at radius 3 is 2.37 bits per heavy atom. The average molecular weight is 509 g/mol. The summed E-state index contributed by atoms with van der Waals surface area (Å²) in [7, 11) is 0. The number of hydrogen-bond donors (Lipinski definition) is 3. The van der Waals surface area contributed by atoms with Crippen LogP contribution in [-0.4, -0.2) is 25.0 Å². The van der Waals surface area contributed by atoms with Crippen LogP contribution < -0.4 is 27.3 Å². The molecule has 2 heterocycles. The van der Waals surface area contributed by atoms with Gasteiger partial charge >= 0.3 is 5.69 Å². The number of benzene rings is 3. The van der Waals surface area contributed by atoms with Crippen LogP contribution in [-0.2, 0) is 0 Å². The van der Waals surface area contributed by atoms with Crippen LogP contribution in [0.15, 0.2) is 75.0 Å². The van der Waals surface area contributed by atoms with E-state index in [1.807, 2.05) is 47.4 Å². The quantitative estimate of drug-likeness (QED) is 0.336. The van der Waals surface area contributed by atoms with Gasteiger partial charge in [0.2, 0.25) is 11.7 Å². The normalized spacial score (nSPS) is 11.0. The van der Waals surface area contributed by atoms with Crippen molar-refractivity contribution in [2.75, 3.05) is 5.73 Å². The number of anilines is 1. The minimum absolute atomic E-state index is 0.0171. The molecule has 0 aliphatic heterocycles. The Hall–Kier alpha value is -4.41. The maximum absolute atomic E-state index is 12.1. The third-order valence-electron chi connectivity index (χ3n) is 5.11. The van der Waals surface area contributed by atoms with Gasteiger partial charge in [-0.2, -0.15) is 4.68 Å². The summed E-state index contributed by atoms with van der Waals surface area (Å²) in [4.78, 5) is 37.7. The van der Waals surface area contributed by atoms with Crippen LogP contribution in [0, 0.1) is 0 Å². The number of rotatable bonds is 4. The molecular weight excluding hydrogens is 495 g/mol. The Bertz CT molecular complexity index is 1770. The molecular formula is C23H14Cl2N6O4. The van der Waals surface area contributed by atoms with Gasteiger partial charge in [0.25, 0.3) is 11.1 Å². The van der Waals surface area contributed by atoms with E-state index in [4.69, 9.17) is 33.7 Å². The van der Waals surface area contributed by atoms with Crippen LogP contribution in [0.1, 0.15) is 0 Å². The van der Waals surface area contributed by atoms with Gasteiger partial charge in [-0.25, -0.2) is 9.89 Å². The fourth-order valence-electron chi connectivity index (χ4n) is 3.48. The molecule has 0 unspecified atom stereocenters. The molecule has 0 amide bonds. The standard InChI is InChI=1S/C23H14Cl2N6O4/c24-16-8-14(31-23(34)27-21(33)20(26)30-31)9-17(25)19(16)35-22-15(10-18(32)28-29-22)13-6-5-11-3-1-2-4-12(11)7-13/h1-10H,(H2,26,30)(H,28,32)(H,27,33,34). The lowest BCUT2D eigenvalue weighted by Crippen LogP contribution is -2.33. The lowest BCUT2D eigenvalue weighted by molar-refractivity contribution is 0.456. The van der Waals surface area contributed by atoms with Gasteiger partial charge in [0.1, 0.15) is 0 Å². The number of aromatic nitrogens is 5. The number of nitrogens with zero attached hydrogens (tertiary/aromatic N) is 3. The zero-order valence-electron chi connectivity index (χ0n) is 17.6. The topological polar surface area (TPSA) is 149 Å². The monoisotopic (exact) mass is 508 g/mol. The maximum atomic E-state index is 12.1. The number of hydrogen-bond acceptors (Lipinski definition) is 7. The molecule has 12 heteroatoms. The third-order valence-corrected chi connectivity index (χ3v) is 5.68. The number of ether oxygens (including phenoxy) is 1. The molecule has 5 rings (SSSR count). The van der Waals surface area contributed by atoms with Gasteiger partial charge in [-0.15, -0.1) is 10.2 Å². The first-order valence-corrected chi connectivity index (χ1v) is 10.8. The summed E-state index contributed by atoms with van der Waals surface area (Å²) in [5.41, 5.74) is 4.71. The molecule has 3 aromatic carbocycles. The zero-order valence-corrected chi connectivity index (χ0v) is 19.1. The molecule has 0 spiro atoms.